The summed E-state index contributed by atoms with van der Waals surface area (Å²) in [6.07, 6.45) is -0.827. The van der Waals surface area contributed by atoms with Crippen molar-refractivity contribution >= 4 is 5.91 Å². The van der Waals surface area contributed by atoms with Crippen molar-refractivity contribution < 1.29 is 18.0 Å². The van der Waals surface area contributed by atoms with Gasteiger partial charge in [0, 0.05) is 25.7 Å². The smallest absolute Gasteiger partial charge is 0.352 e. The zero-order valence-corrected chi connectivity index (χ0v) is 15.0. The summed E-state index contributed by atoms with van der Waals surface area (Å²) in [5.74, 6) is 0.650. The molecule has 0 spiro atoms. The van der Waals surface area contributed by atoms with Gasteiger partial charge in [0.1, 0.15) is 12.2 Å². The van der Waals surface area contributed by atoms with Gasteiger partial charge in [0.15, 0.2) is 0 Å². The number of aromatic nitrogens is 3. The molecule has 2 heterocycles. The Labute approximate surface area is 155 Å². The first-order valence-electron chi connectivity index (χ1n) is 8.83. The third-order valence-corrected chi connectivity index (χ3v) is 4.78. The Balaban J connectivity index is 1.53. The van der Waals surface area contributed by atoms with Gasteiger partial charge in [0.25, 0.3) is 5.91 Å². The summed E-state index contributed by atoms with van der Waals surface area (Å²) in [5, 5.41) is 10.7. The molecule has 1 saturated heterocycles. The predicted molar refractivity (Wildman–Crippen MR) is 92.8 cm³/mol. The number of piperidine rings is 1. The minimum atomic E-state index is -4.46. The lowest BCUT2D eigenvalue weighted by Crippen LogP contribution is -2.41. The van der Waals surface area contributed by atoms with Crippen LogP contribution in [0.5, 0.6) is 0 Å². The van der Waals surface area contributed by atoms with E-state index in [4.69, 9.17) is 0 Å². The second-order valence-corrected chi connectivity index (χ2v) is 6.89. The number of benzene rings is 1. The van der Waals surface area contributed by atoms with Gasteiger partial charge >= 0.3 is 6.18 Å². The Bertz CT molecular complexity index is 789. The number of carbonyl (C=O) groups excluding carboxylic acids is 1. The molecule has 0 saturated carbocycles. The van der Waals surface area contributed by atoms with Crippen molar-refractivity contribution in [1.29, 1.82) is 0 Å². The van der Waals surface area contributed by atoms with Gasteiger partial charge in [0.05, 0.1) is 12.1 Å². The Morgan fingerprint density at radius 3 is 2.89 bits per heavy atom. The number of alkyl halides is 3. The Morgan fingerprint density at radius 2 is 2.19 bits per heavy atom. The second-order valence-electron chi connectivity index (χ2n) is 6.89. The standard InChI is InChI=1S/C18H22F3N5O/c1-25-12-23-24-16(25)11-26-7-3-4-13(10-26)9-22-17(27)14-5-2-6-15(8-14)18(19,20)21/h2,5-6,8,12-13H,3-4,7,9-11H2,1H3,(H,22,27)/t13-/m1/s1. The minimum absolute atomic E-state index is 0.0246. The van der Waals surface area contributed by atoms with Gasteiger partial charge < -0.3 is 9.88 Å². The van der Waals surface area contributed by atoms with Gasteiger partial charge in [-0.05, 0) is 43.5 Å². The normalized spacial score (nSPS) is 18.4. The van der Waals surface area contributed by atoms with Gasteiger partial charge in [-0.15, -0.1) is 10.2 Å². The summed E-state index contributed by atoms with van der Waals surface area (Å²) in [6.45, 7) is 2.87. The molecule has 146 valence electrons. The van der Waals surface area contributed by atoms with Crippen molar-refractivity contribution in [1.82, 2.24) is 25.0 Å². The van der Waals surface area contributed by atoms with E-state index in [9.17, 15) is 18.0 Å². The first-order valence-corrected chi connectivity index (χ1v) is 8.83. The molecule has 0 radical (unpaired) electrons. The highest BCUT2D eigenvalue weighted by Crippen LogP contribution is 2.29. The van der Waals surface area contributed by atoms with E-state index in [1.807, 2.05) is 11.6 Å². The van der Waals surface area contributed by atoms with Crippen LogP contribution in [0.3, 0.4) is 0 Å². The molecular weight excluding hydrogens is 359 g/mol. The number of hydrogen-bond acceptors (Lipinski definition) is 4. The molecule has 2 aromatic rings. The number of amides is 1. The van der Waals surface area contributed by atoms with Gasteiger partial charge in [-0.25, -0.2) is 0 Å². The fourth-order valence-electron chi connectivity index (χ4n) is 3.29. The summed E-state index contributed by atoms with van der Waals surface area (Å²) in [7, 11) is 1.89. The molecule has 27 heavy (non-hydrogen) atoms. The van der Waals surface area contributed by atoms with Crippen LogP contribution in [-0.2, 0) is 19.8 Å². The van der Waals surface area contributed by atoms with Crippen LogP contribution < -0.4 is 5.32 Å². The summed E-state index contributed by atoms with van der Waals surface area (Å²) < 4.78 is 40.2. The summed E-state index contributed by atoms with van der Waals surface area (Å²) >= 11 is 0. The monoisotopic (exact) mass is 381 g/mol. The third kappa shape index (κ3) is 5.06. The highest BCUT2D eigenvalue weighted by molar-refractivity contribution is 5.94. The lowest BCUT2D eigenvalue weighted by molar-refractivity contribution is -0.137. The zero-order chi connectivity index (χ0) is 19.4. The molecule has 1 amide bonds. The van der Waals surface area contributed by atoms with E-state index in [1.54, 1.807) is 6.33 Å². The summed E-state index contributed by atoms with van der Waals surface area (Å²) in [5.41, 5.74) is -0.792. The lowest BCUT2D eigenvalue weighted by Gasteiger charge is -2.32. The van der Waals surface area contributed by atoms with E-state index in [-0.39, 0.29) is 11.5 Å². The molecule has 3 rings (SSSR count). The number of nitrogens with one attached hydrogen (secondary N) is 1. The molecular formula is C18H22F3N5O. The second kappa shape index (κ2) is 8.08. The van der Waals surface area contributed by atoms with Crippen LogP contribution in [0.4, 0.5) is 13.2 Å². The van der Waals surface area contributed by atoms with Crippen molar-refractivity contribution in [2.45, 2.75) is 25.6 Å². The van der Waals surface area contributed by atoms with Crippen molar-refractivity contribution in [2.75, 3.05) is 19.6 Å². The van der Waals surface area contributed by atoms with Crippen LogP contribution in [0, 0.1) is 5.92 Å². The first-order chi connectivity index (χ1) is 12.8. The maximum atomic E-state index is 12.8. The van der Waals surface area contributed by atoms with E-state index in [0.717, 1.165) is 43.9 Å². The first kappa shape index (κ1) is 19.3. The average molecular weight is 381 g/mol. The minimum Gasteiger partial charge on any atom is -0.352 e. The fourth-order valence-corrected chi connectivity index (χ4v) is 3.29. The van der Waals surface area contributed by atoms with Crippen LogP contribution in [0.25, 0.3) is 0 Å². The fraction of sp³-hybridized carbons (Fsp3) is 0.500. The Hall–Kier alpha value is -2.42. The lowest BCUT2D eigenvalue weighted by atomic mass is 9.97. The van der Waals surface area contributed by atoms with E-state index in [0.29, 0.717) is 13.1 Å². The van der Waals surface area contributed by atoms with Crippen LogP contribution in [0.15, 0.2) is 30.6 Å². The summed E-state index contributed by atoms with van der Waals surface area (Å²) in [6, 6.07) is 4.49. The molecule has 6 nitrogen and oxygen atoms in total. The molecule has 1 atom stereocenters. The topological polar surface area (TPSA) is 63.1 Å². The van der Waals surface area contributed by atoms with E-state index < -0.39 is 17.6 Å². The van der Waals surface area contributed by atoms with E-state index >= 15 is 0 Å². The quantitative estimate of drug-likeness (QED) is 0.864. The molecule has 1 aliphatic rings. The van der Waals surface area contributed by atoms with Gasteiger partial charge in [-0.1, -0.05) is 6.07 Å². The molecule has 1 aromatic heterocycles. The van der Waals surface area contributed by atoms with Crippen LogP contribution in [0.2, 0.25) is 0 Å². The number of halogens is 3. The van der Waals surface area contributed by atoms with Crippen LogP contribution >= 0.6 is 0 Å². The number of likely N-dealkylation sites (tertiary alicyclic amines) is 1. The molecule has 0 unspecified atom stereocenters. The summed E-state index contributed by atoms with van der Waals surface area (Å²) in [4.78, 5) is 14.5. The third-order valence-electron chi connectivity index (χ3n) is 4.78. The highest BCUT2D eigenvalue weighted by atomic mass is 19.4. The van der Waals surface area contributed by atoms with E-state index in [2.05, 4.69) is 20.4 Å². The van der Waals surface area contributed by atoms with Crippen molar-refractivity contribution in [3.05, 3.63) is 47.5 Å². The molecule has 1 aromatic carbocycles. The zero-order valence-electron chi connectivity index (χ0n) is 15.0. The van der Waals surface area contributed by atoms with Crippen molar-refractivity contribution in [3.8, 4) is 0 Å². The van der Waals surface area contributed by atoms with Gasteiger partial charge in [0.2, 0.25) is 0 Å². The maximum absolute atomic E-state index is 12.8. The predicted octanol–water partition coefficient (Wildman–Crippen LogP) is 2.48. The van der Waals surface area contributed by atoms with Crippen molar-refractivity contribution in [2.24, 2.45) is 13.0 Å². The molecule has 1 N–H and O–H groups in total. The van der Waals surface area contributed by atoms with Gasteiger partial charge in [-0.2, -0.15) is 13.2 Å². The molecule has 1 fully saturated rings. The van der Waals surface area contributed by atoms with Crippen molar-refractivity contribution in [3.63, 3.8) is 0 Å². The number of hydrogen-bond donors (Lipinski definition) is 1. The Kier molecular flexibility index (Phi) is 5.79. The highest BCUT2D eigenvalue weighted by Gasteiger charge is 2.31. The number of nitrogens with zero attached hydrogens (tertiary/aromatic N) is 4. The Morgan fingerprint density at radius 1 is 1.37 bits per heavy atom. The number of carbonyl (C=O) groups is 1. The number of aryl methyl sites for hydroxylation is 1. The molecule has 9 heteroatoms. The molecule has 1 aliphatic heterocycles. The molecule has 0 bridgehead atoms. The maximum Gasteiger partial charge on any atom is 0.416 e. The van der Waals surface area contributed by atoms with Crippen LogP contribution in [0.1, 0.15) is 34.6 Å². The van der Waals surface area contributed by atoms with E-state index in [1.165, 1.54) is 12.1 Å². The average Bonchev–Trinajstić information content (AvgIpc) is 3.04. The SMILES string of the molecule is Cn1cnnc1CN1CCC[C@H](CNC(=O)c2cccc(C(F)(F)F)c2)C1. The number of rotatable bonds is 5. The van der Waals surface area contributed by atoms with Gasteiger partial charge in [-0.3, -0.25) is 9.69 Å². The molecule has 0 aliphatic carbocycles. The van der Waals surface area contributed by atoms with Crippen LogP contribution in [-0.4, -0.2) is 45.2 Å². The largest absolute Gasteiger partial charge is 0.416 e.